The largest absolute Gasteiger partial charge is 0.416 e. The second-order valence-corrected chi connectivity index (χ2v) is 16.9. The number of nitrogens with zero attached hydrogens (tertiary/aromatic N) is 2. The van der Waals surface area contributed by atoms with E-state index in [4.69, 9.17) is 0 Å². The number of halogens is 3. The van der Waals surface area contributed by atoms with Gasteiger partial charge in [-0.3, -0.25) is 9.10 Å². The summed E-state index contributed by atoms with van der Waals surface area (Å²) >= 11 is 0. The molecule has 0 bridgehead atoms. The van der Waals surface area contributed by atoms with Crippen LogP contribution < -0.4 is 14.9 Å². The molecule has 1 saturated carbocycles. The van der Waals surface area contributed by atoms with E-state index in [1.807, 2.05) is 48.0 Å². The van der Waals surface area contributed by atoms with Crippen molar-refractivity contribution < 1.29 is 31.5 Å². The van der Waals surface area contributed by atoms with Gasteiger partial charge >= 0.3 is 6.18 Å². The molecule has 0 unspecified atom stereocenters. The molecule has 2 atom stereocenters. The maximum atomic E-state index is 14.1. The number of hydrogen-bond donors (Lipinski definition) is 3. The topological polar surface area (TPSA) is 104 Å². The number of hydrogen-bond acceptors (Lipinski definition) is 5. The van der Waals surface area contributed by atoms with Crippen LogP contribution in [0.25, 0.3) is 10.9 Å². The van der Waals surface area contributed by atoms with Gasteiger partial charge in [-0.2, -0.15) is 13.2 Å². The Hall–Kier alpha value is -3.87. The summed E-state index contributed by atoms with van der Waals surface area (Å²) in [5.74, 6) is -0.472. The van der Waals surface area contributed by atoms with Gasteiger partial charge in [0.2, 0.25) is 10.0 Å². The van der Waals surface area contributed by atoms with Crippen molar-refractivity contribution in [3.05, 3.63) is 101 Å². The molecule has 8 nitrogen and oxygen atoms in total. The molecule has 1 aliphatic heterocycles. The molecular formula is C38H45F3N4O4S. The van der Waals surface area contributed by atoms with Gasteiger partial charge in [-0.15, -0.1) is 0 Å². The van der Waals surface area contributed by atoms with Crippen LogP contribution in [0.2, 0.25) is 0 Å². The molecule has 1 fully saturated rings. The van der Waals surface area contributed by atoms with Gasteiger partial charge in [0.15, 0.2) is 0 Å². The predicted molar refractivity (Wildman–Crippen MR) is 190 cm³/mol. The van der Waals surface area contributed by atoms with Crippen LogP contribution >= 0.6 is 0 Å². The molecule has 0 radical (unpaired) electrons. The molecule has 3 aromatic carbocycles. The van der Waals surface area contributed by atoms with E-state index in [1.165, 1.54) is 23.5 Å². The van der Waals surface area contributed by atoms with E-state index >= 15 is 0 Å². The highest BCUT2D eigenvalue weighted by Crippen LogP contribution is 2.42. The lowest BCUT2D eigenvalue weighted by molar-refractivity contribution is -0.137. The van der Waals surface area contributed by atoms with E-state index in [-0.39, 0.29) is 18.7 Å². The fourth-order valence-electron chi connectivity index (χ4n) is 7.64. The highest BCUT2D eigenvalue weighted by molar-refractivity contribution is 7.94. The molecule has 1 aliphatic carbocycles. The van der Waals surface area contributed by atoms with E-state index in [1.54, 1.807) is 32.0 Å². The molecule has 0 saturated heterocycles. The van der Waals surface area contributed by atoms with Gasteiger partial charge in [0, 0.05) is 42.8 Å². The van der Waals surface area contributed by atoms with Crippen molar-refractivity contribution in [2.24, 2.45) is 0 Å². The van der Waals surface area contributed by atoms with Gasteiger partial charge in [0.1, 0.15) is 4.75 Å². The van der Waals surface area contributed by atoms with Gasteiger partial charge in [0.05, 0.1) is 28.9 Å². The zero-order valence-corrected chi connectivity index (χ0v) is 29.7. The number of anilines is 1. The first-order valence-corrected chi connectivity index (χ1v) is 18.6. The van der Waals surface area contributed by atoms with Crippen molar-refractivity contribution in [1.82, 2.24) is 15.2 Å². The number of sulfonamides is 1. The Balaban J connectivity index is 1.31. The third-order valence-corrected chi connectivity index (χ3v) is 13.0. The van der Waals surface area contributed by atoms with E-state index in [2.05, 4.69) is 10.6 Å². The fraction of sp³-hybridized carbons (Fsp3) is 0.447. The maximum absolute atomic E-state index is 14.1. The fourth-order valence-corrected chi connectivity index (χ4v) is 9.08. The minimum atomic E-state index is -4.48. The number of amides is 1. The molecule has 1 aromatic heterocycles. The number of aryl methyl sites for hydroxylation is 1. The Morgan fingerprint density at radius 1 is 1.02 bits per heavy atom. The Kier molecular flexibility index (Phi) is 9.60. The summed E-state index contributed by atoms with van der Waals surface area (Å²) in [4.78, 5) is 14.1. The first-order valence-electron chi connectivity index (χ1n) is 17.2. The van der Waals surface area contributed by atoms with Crippen molar-refractivity contribution in [3.63, 3.8) is 0 Å². The van der Waals surface area contributed by atoms with Gasteiger partial charge < -0.3 is 20.3 Å². The minimum Gasteiger partial charge on any atom is -0.390 e. The summed E-state index contributed by atoms with van der Waals surface area (Å²) in [5, 5.41) is 18.9. The molecule has 2 heterocycles. The van der Waals surface area contributed by atoms with E-state index in [0.717, 1.165) is 40.9 Å². The van der Waals surface area contributed by atoms with Crippen LogP contribution in [0.3, 0.4) is 0 Å². The molecule has 0 spiro atoms. The normalized spacial score (nSPS) is 19.2. The van der Waals surface area contributed by atoms with E-state index in [0.29, 0.717) is 36.9 Å². The third kappa shape index (κ3) is 6.65. The number of benzene rings is 3. The number of aliphatic hydroxyl groups excluding tert-OH is 1. The molecular weight excluding hydrogens is 666 g/mol. The summed E-state index contributed by atoms with van der Waals surface area (Å²) in [6.45, 7) is 5.69. The summed E-state index contributed by atoms with van der Waals surface area (Å²) in [7, 11) is -2.27. The predicted octanol–water partition coefficient (Wildman–Crippen LogP) is 6.54. The second-order valence-electron chi connectivity index (χ2n) is 14.3. The molecule has 1 amide bonds. The molecule has 2 aliphatic rings. The summed E-state index contributed by atoms with van der Waals surface area (Å²) in [6, 6.07) is 17.4. The summed E-state index contributed by atoms with van der Waals surface area (Å²) in [6.07, 6.45) is 0.246. The molecule has 50 heavy (non-hydrogen) atoms. The number of aromatic nitrogens is 1. The lowest BCUT2D eigenvalue weighted by Crippen LogP contribution is -2.52. The molecule has 12 heteroatoms. The van der Waals surface area contributed by atoms with Crippen molar-refractivity contribution in [2.75, 3.05) is 17.9 Å². The second kappa shape index (κ2) is 13.4. The average molecular weight is 711 g/mol. The van der Waals surface area contributed by atoms with Gasteiger partial charge in [-0.05, 0) is 80.5 Å². The van der Waals surface area contributed by atoms with Crippen LogP contribution in [-0.2, 0) is 41.1 Å². The Bertz CT molecular complexity index is 1990. The molecule has 268 valence electrons. The monoisotopic (exact) mass is 710 g/mol. The lowest BCUT2D eigenvalue weighted by Gasteiger charge is -2.34. The average Bonchev–Trinajstić information content (AvgIpc) is 3.70. The van der Waals surface area contributed by atoms with Crippen LogP contribution in [0.15, 0.2) is 72.9 Å². The number of rotatable bonds is 10. The van der Waals surface area contributed by atoms with E-state index < -0.39 is 50.1 Å². The number of alkyl halides is 3. The minimum absolute atomic E-state index is 0.0250. The van der Waals surface area contributed by atoms with Crippen LogP contribution in [0.4, 0.5) is 18.9 Å². The quantitative estimate of drug-likeness (QED) is 0.174. The van der Waals surface area contributed by atoms with Gasteiger partial charge in [-0.1, -0.05) is 62.2 Å². The third-order valence-electron chi connectivity index (χ3n) is 10.6. The van der Waals surface area contributed by atoms with E-state index in [9.17, 15) is 31.5 Å². The Morgan fingerprint density at radius 3 is 2.38 bits per heavy atom. The zero-order chi connectivity index (χ0) is 36.1. The number of carbonyl (C=O) groups excluding carboxylic acids is 1. The molecule has 6 rings (SSSR count). The summed E-state index contributed by atoms with van der Waals surface area (Å²) in [5.41, 5.74) is 2.35. The lowest BCUT2D eigenvalue weighted by atomic mass is 9.86. The Morgan fingerprint density at radius 2 is 1.72 bits per heavy atom. The van der Waals surface area contributed by atoms with Crippen LogP contribution in [0.1, 0.15) is 79.1 Å². The van der Waals surface area contributed by atoms with Crippen molar-refractivity contribution in [2.45, 2.75) is 94.4 Å². The standard InChI is InChI=1S/C38H45F3N4O4S/c1-5-26-23-45-24-36(2,3)50(48,49)44(4)32-20-27(19-30(26)34(32)45)35(47)43-31(18-25-12-7-6-8-13-25)33(46)22-42-37(16-9-10-17-37)28-14-11-15-29(21-28)38(39,40)41/h6-8,11-15,19-21,23,31,33,42,46H,5,9-10,16-18,22,24H2,1-4H3,(H,43,47)/t31-,33+/m0/s1. The molecule has 3 N–H and O–H groups in total. The van der Waals surface area contributed by atoms with Crippen molar-refractivity contribution >= 4 is 32.5 Å². The van der Waals surface area contributed by atoms with Gasteiger partial charge in [0.25, 0.3) is 5.91 Å². The van der Waals surface area contributed by atoms with Crippen LogP contribution in [-0.4, -0.2) is 54.5 Å². The SMILES string of the molecule is CCc1cn2c3c(cc(C(=O)N[C@@H](Cc4ccccc4)[C@H](O)CNC4(c5cccc(C(F)(F)F)c5)CCCC4)cc13)N(C)S(=O)(=O)C(C)(C)C2. The van der Waals surface area contributed by atoms with Crippen LogP contribution in [0, 0.1) is 0 Å². The number of carbonyl (C=O) groups is 1. The molecule has 4 aromatic rings. The number of aliphatic hydroxyl groups is 1. The Labute approximate surface area is 291 Å². The maximum Gasteiger partial charge on any atom is 0.416 e. The highest BCUT2D eigenvalue weighted by Gasteiger charge is 2.43. The van der Waals surface area contributed by atoms with Gasteiger partial charge in [-0.25, -0.2) is 8.42 Å². The number of nitrogens with one attached hydrogen (secondary N) is 2. The summed E-state index contributed by atoms with van der Waals surface area (Å²) < 4.78 is 70.3. The van der Waals surface area contributed by atoms with Crippen molar-refractivity contribution in [3.8, 4) is 0 Å². The first kappa shape index (κ1) is 35.9. The van der Waals surface area contributed by atoms with Crippen LogP contribution in [0.5, 0.6) is 0 Å². The zero-order valence-electron chi connectivity index (χ0n) is 28.8. The smallest absolute Gasteiger partial charge is 0.390 e. The first-order chi connectivity index (χ1) is 23.6. The highest BCUT2D eigenvalue weighted by atomic mass is 32.2. The van der Waals surface area contributed by atoms with Crippen molar-refractivity contribution in [1.29, 1.82) is 0 Å².